The minimum atomic E-state index is 0.682. The third kappa shape index (κ3) is 1.52. The van der Waals surface area contributed by atoms with Gasteiger partial charge in [0.2, 0.25) is 0 Å². The number of nitriles is 1. The lowest BCUT2D eigenvalue weighted by Gasteiger charge is -1.97. The molecule has 1 aromatic carbocycles. The second-order valence-corrected chi connectivity index (χ2v) is 4.01. The zero-order chi connectivity index (χ0) is 9.97. The van der Waals surface area contributed by atoms with Crippen LogP contribution >= 0.6 is 11.3 Å². The van der Waals surface area contributed by atoms with Gasteiger partial charge in [-0.15, -0.1) is 11.3 Å². The molecular formula is C11H8N2S. The van der Waals surface area contributed by atoms with Gasteiger partial charge in [-0.1, -0.05) is 12.1 Å². The molecule has 1 heterocycles. The molecule has 0 spiro atoms. The van der Waals surface area contributed by atoms with Gasteiger partial charge in [-0.2, -0.15) is 5.26 Å². The maximum absolute atomic E-state index is 8.65. The highest BCUT2D eigenvalue weighted by molar-refractivity contribution is 7.10. The molecule has 0 amide bonds. The number of aryl methyl sites for hydroxylation is 1. The first kappa shape index (κ1) is 8.92. The van der Waals surface area contributed by atoms with Gasteiger partial charge >= 0.3 is 0 Å². The van der Waals surface area contributed by atoms with Crippen LogP contribution in [-0.4, -0.2) is 4.98 Å². The topological polar surface area (TPSA) is 36.7 Å². The molecule has 0 atom stereocenters. The van der Waals surface area contributed by atoms with Gasteiger partial charge in [0.1, 0.15) is 0 Å². The van der Waals surface area contributed by atoms with Crippen molar-refractivity contribution in [3.05, 3.63) is 40.2 Å². The van der Waals surface area contributed by atoms with Crippen LogP contribution < -0.4 is 0 Å². The van der Waals surface area contributed by atoms with Gasteiger partial charge < -0.3 is 0 Å². The summed E-state index contributed by atoms with van der Waals surface area (Å²) in [5.74, 6) is 0. The molecule has 0 aliphatic rings. The molecule has 3 heteroatoms. The second kappa shape index (κ2) is 3.60. The molecule has 0 N–H and O–H groups in total. The van der Waals surface area contributed by atoms with Gasteiger partial charge in [-0.25, -0.2) is 4.98 Å². The Morgan fingerprint density at radius 3 is 2.50 bits per heavy atom. The highest BCUT2D eigenvalue weighted by Crippen LogP contribution is 2.24. The van der Waals surface area contributed by atoms with E-state index in [1.807, 2.05) is 36.7 Å². The summed E-state index contributed by atoms with van der Waals surface area (Å²) in [7, 11) is 0. The van der Waals surface area contributed by atoms with Crippen LogP contribution in [0.5, 0.6) is 0 Å². The van der Waals surface area contributed by atoms with E-state index >= 15 is 0 Å². The van der Waals surface area contributed by atoms with E-state index in [0.717, 1.165) is 11.3 Å². The van der Waals surface area contributed by atoms with Crippen LogP contribution in [0.1, 0.15) is 10.4 Å². The summed E-state index contributed by atoms with van der Waals surface area (Å²) in [6.45, 7) is 2.05. The minimum absolute atomic E-state index is 0.682. The molecule has 0 aliphatic carbocycles. The molecule has 0 radical (unpaired) electrons. The zero-order valence-electron chi connectivity index (χ0n) is 7.69. The Labute approximate surface area is 86.5 Å². The third-order valence-corrected chi connectivity index (χ3v) is 2.79. The average Bonchev–Trinajstić information content (AvgIpc) is 2.65. The molecule has 14 heavy (non-hydrogen) atoms. The van der Waals surface area contributed by atoms with E-state index in [0.29, 0.717) is 5.56 Å². The van der Waals surface area contributed by atoms with Gasteiger partial charge in [0.15, 0.2) is 0 Å². The van der Waals surface area contributed by atoms with Crippen LogP contribution in [0.4, 0.5) is 0 Å². The van der Waals surface area contributed by atoms with Gasteiger partial charge in [-0.3, -0.25) is 0 Å². The maximum Gasteiger partial charge on any atom is 0.0991 e. The van der Waals surface area contributed by atoms with E-state index in [4.69, 9.17) is 5.26 Å². The maximum atomic E-state index is 8.65. The number of thiazole rings is 1. The minimum Gasteiger partial charge on any atom is -0.244 e. The van der Waals surface area contributed by atoms with Crippen molar-refractivity contribution in [2.24, 2.45) is 0 Å². The van der Waals surface area contributed by atoms with E-state index in [1.165, 1.54) is 4.88 Å². The van der Waals surface area contributed by atoms with Crippen LogP contribution in [-0.2, 0) is 0 Å². The predicted octanol–water partition coefficient (Wildman–Crippen LogP) is 2.99. The van der Waals surface area contributed by atoms with E-state index in [1.54, 1.807) is 11.3 Å². The molecule has 2 aromatic rings. The smallest absolute Gasteiger partial charge is 0.0991 e. The molecule has 2 nitrogen and oxygen atoms in total. The van der Waals surface area contributed by atoms with Gasteiger partial charge in [0.25, 0.3) is 0 Å². The molecule has 0 saturated heterocycles. The highest BCUT2D eigenvalue weighted by Gasteiger charge is 2.03. The normalized spacial score (nSPS) is 9.71. The first-order chi connectivity index (χ1) is 6.81. The Hall–Kier alpha value is -1.66. The summed E-state index contributed by atoms with van der Waals surface area (Å²) in [5.41, 5.74) is 4.60. The van der Waals surface area contributed by atoms with Gasteiger partial charge in [0.05, 0.1) is 22.8 Å². The number of hydrogen-bond donors (Lipinski definition) is 0. The fourth-order valence-corrected chi connectivity index (χ4v) is 1.88. The Kier molecular flexibility index (Phi) is 2.30. The van der Waals surface area contributed by atoms with Crippen molar-refractivity contribution in [1.82, 2.24) is 4.98 Å². The van der Waals surface area contributed by atoms with E-state index in [-0.39, 0.29) is 0 Å². The molecule has 2 rings (SSSR count). The summed E-state index contributed by atoms with van der Waals surface area (Å²) in [4.78, 5) is 5.48. The molecule has 0 aliphatic heterocycles. The summed E-state index contributed by atoms with van der Waals surface area (Å²) < 4.78 is 0. The Morgan fingerprint density at radius 2 is 2.00 bits per heavy atom. The summed E-state index contributed by atoms with van der Waals surface area (Å²) in [6.07, 6.45) is 0. The lowest BCUT2D eigenvalue weighted by Crippen LogP contribution is -1.80. The summed E-state index contributed by atoms with van der Waals surface area (Å²) >= 11 is 1.63. The summed E-state index contributed by atoms with van der Waals surface area (Å²) in [5, 5.41) is 8.65. The molecule has 0 fully saturated rings. The van der Waals surface area contributed by atoms with Crippen molar-refractivity contribution in [2.75, 3.05) is 0 Å². The van der Waals surface area contributed by atoms with E-state index in [2.05, 4.69) is 11.1 Å². The molecule has 0 bridgehead atoms. The number of benzene rings is 1. The quantitative estimate of drug-likeness (QED) is 0.709. The largest absolute Gasteiger partial charge is 0.244 e. The standard InChI is InChI=1S/C11H8N2S/c1-8-11(13-7-14-8)10-4-2-9(6-12)3-5-10/h2-5,7H,1H3. The number of rotatable bonds is 1. The van der Waals surface area contributed by atoms with Crippen LogP contribution in [0.15, 0.2) is 29.8 Å². The van der Waals surface area contributed by atoms with Crippen molar-refractivity contribution >= 4 is 11.3 Å². The number of hydrogen-bond acceptors (Lipinski definition) is 3. The lowest BCUT2D eigenvalue weighted by atomic mass is 10.1. The van der Waals surface area contributed by atoms with Crippen LogP contribution in [0, 0.1) is 18.3 Å². The third-order valence-electron chi connectivity index (χ3n) is 2.03. The highest BCUT2D eigenvalue weighted by atomic mass is 32.1. The lowest BCUT2D eigenvalue weighted by molar-refractivity contribution is 1.37. The van der Waals surface area contributed by atoms with Crippen molar-refractivity contribution in [2.45, 2.75) is 6.92 Å². The van der Waals surface area contributed by atoms with Crippen molar-refractivity contribution in [3.8, 4) is 17.3 Å². The molecule has 1 aromatic heterocycles. The molecular weight excluding hydrogens is 192 g/mol. The Balaban J connectivity index is 2.45. The van der Waals surface area contributed by atoms with Gasteiger partial charge in [0, 0.05) is 10.4 Å². The average molecular weight is 200 g/mol. The molecule has 0 saturated carbocycles. The van der Waals surface area contributed by atoms with Crippen molar-refractivity contribution in [3.63, 3.8) is 0 Å². The zero-order valence-corrected chi connectivity index (χ0v) is 8.51. The van der Waals surface area contributed by atoms with E-state index < -0.39 is 0 Å². The fraction of sp³-hybridized carbons (Fsp3) is 0.0909. The second-order valence-electron chi connectivity index (χ2n) is 2.95. The SMILES string of the molecule is Cc1scnc1-c1ccc(C#N)cc1. The summed E-state index contributed by atoms with van der Waals surface area (Å²) in [6, 6.07) is 9.59. The van der Waals surface area contributed by atoms with Crippen LogP contribution in [0.25, 0.3) is 11.3 Å². The van der Waals surface area contributed by atoms with Gasteiger partial charge in [-0.05, 0) is 19.1 Å². The Morgan fingerprint density at radius 1 is 1.29 bits per heavy atom. The predicted molar refractivity (Wildman–Crippen MR) is 57.0 cm³/mol. The monoisotopic (exact) mass is 200 g/mol. The van der Waals surface area contributed by atoms with Crippen molar-refractivity contribution < 1.29 is 0 Å². The molecule has 68 valence electrons. The van der Waals surface area contributed by atoms with Crippen LogP contribution in [0.2, 0.25) is 0 Å². The number of nitrogens with zero attached hydrogens (tertiary/aromatic N) is 2. The first-order valence-corrected chi connectivity index (χ1v) is 5.10. The van der Waals surface area contributed by atoms with Crippen molar-refractivity contribution in [1.29, 1.82) is 5.26 Å². The number of aromatic nitrogens is 1. The first-order valence-electron chi connectivity index (χ1n) is 4.22. The van der Waals surface area contributed by atoms with E-state index in [9.17, 15) is 0 Å². The van der Waals surface area contributed by atoms with Crippen LogP contribution in [0.3, 0.4) is 0 Å². The molecule has 0 unspecified atom stereocenters. The fourth-order valence-electron chi connectivity index (χ4n) is 1.29. The Bertz CT molecular complexity index is 477.